The smallest absolute Gasteiger partial charge is 0.280 e. The van der Waals surface area contributed by atoms with E-state index in [9.17, 15) is 14.4 Å². The van der Waals surface area contributed by atoms with Crippen LogP contribution in [0.1, 0.15) is 45.4 Å². The van der Waals surface area contributed by atoms with Gasteiger partial charge in [-0.15, -0.1) is 12.3 Å². The van der Waals surface area contributed by atoms with Gasteiger partial charge in [0.25, 0.3) is 17.4 Å². The van der Waals surface area contributed by atoms with Crippen molar-refractivity contribution in [3.8, 4) is 12.3 Å². The first-order valence-electron chi connectivity index (χ1n) is 12.1. The number of benzene rings is 3. The summed E-state index contributed by atoms with van der Waals surface area (Å²) in [7, 11) is 0. The Balaban J connectivity index is 1.39. The second kappa shape index (κ2) is 10.9. The molecule has 8 nitrogen and oxygen atoms in total. The Morgan fingerprint density at radius 1 is 0.947 bits per heavy atom. The quantitative estimate of drug-likeness (QED) is 0.192. The van der Waals surface area contributed by atoms with Crippen molar-refractivity contribution in [2.75, 3.05) is 18.5 Å². The Morgan fingerprint density at radius 2 is 1.63 bits per heavy atom. The number of imide groups is 1. The first-order valence-corrected chi connectivity index (χ1v) is 12.5. The third kappa shape index (κ3) is 4.90. The number of halogens is 1. The molecule has 0 saturated carbocycles. The van der Waals surface area contributed by atoms with Crippen LogP contribution in [-0.4, -0.2) is 39.5 Å². The van der Waals surface area contributed by atoms with Crippen LogP contribution >= 0.6 is 11.6 Å². The fraction of sp³-hybridized carbons (Fsp3) is 0.172. The van der Waals surface area contributed by atoms with E-state index in [1.165, 1.54) is 9.58 Å². The van der Waals surface area contributed by atoms with Gasteiger partial charge in [-0.3, -0.25) is 24.7 Å². The lowest BCUT2D eigenvalue weighted by atomic mass is 10.1. The van der Waals surface area contributed by atoms with Crippen molar-refractivity contribution in [2.45, 2.75) is 18.9 Å². The molecular formula is C29H24ClN5O3. The van der Waals surface area contributed by atoms with E-state index in [1.807, 2.05) is 30.3 Å². The molecule has 190 valence electrons. The maximum atomic E-state index is 13.5. The second-order valence-corrected chi connectivity index (χ2v) is 9.26. The highest BCUT2D eigenvalue weighted by molar-refractivity contribution is 6.31. The van der Waals surface area contributed by atoms with Crippen molar-refractivity contribution >= 4 is 40.0 Å². The highest BCUT2D eigenvalue weighted by Crippen LogP contribution is 2.23. The number of amides is 2. The Morgan fingerprint density at radius 3 is 2.32 bits per heavy atom. The lowest BCUT2D eigenvalue weighted by Gasteiger charge is -2.22. The van der Waals surface area contributed by atoms with Crippen LogP contribution in [0.4, 0.5) is 5.69 Å². The Kier molecular flexibility index (Phi) is 7.22. The molecule has 0 spiro atoms. The molecular weight excluding hydrogens is 502 g/mol. The van der Waals surface area contributed by atoms with E-state index >= 15 is 0 Å². The van der Waals surface area contributed by atoms with Gasteiger partial charge in [-0.2, -0.15) is 0 Å². The summed E-state index contributed by atoms with van der Waals surface area (Å²) in [5, 5.41) is 4.23. The van der Waals surface area contributed by atoms with Gasteiger partial charge in [0.15, 0.2) is 0 Å². The maximum Gasteiger partial charge on any atom is 0.280 e. The molecule has 2 N–H and O–H groups in total. The highest BCUT2D eigenvalue weighted by Gasteiger charge is 2.34. The van der Waals surface area contributed by atoms with Crippen LogP contribution in [0, 0.1) is 12.3 Å². The minimum atomic E-state index is -0.491. The molecule has 0 aliphatic carbocycles. The fourth-order valence-electron chi connectivity index (χ4n) is 4.49. The number of rotatable bonds is 9. The fourth-order valence-corrected chi connectivity index (χ4v) is 4.65. The van der Waals surface area contributed by atoms with Crippen LogP contribution in [0.5, 0.6) is 0 Å². The van der Waals surface area contributed by atoms with Gasteiger partial charge in [-0.25, -0.2) is 9.66 Å². The van der Waals surface area contributed by atoms with Gasteiger partial charge in [0, 0.05) is 18.0 Å². The third-order valence-corrected chi connectivity index (χ3v) is 6.57. The van der Waals surface area contributed by atoms with Gasteiger partial charge >= 0.3 is 0 Å². The lowest BCUT2D eigenvalue weighted by molar-refractivity contribution is 0.0652. The Bertz CT molecular complexity index is 1590. The minimum Gasteiger partial charge on any atom is -0.306 e. The van der Waals surface area contributed by atoms with Crippen molar-refractivity contribution in [3.63, 3.8) is 0 Å². The molecule has 1 aromatic heterocycles. The molecule has 0 radical (unpaired) electrons. The number of terminal acetylenes is 1. The van der Waals surface area contributed by atoms with Gasteiger partial charge in [0.05, 0.1) is 33.8 Å². The molecule has 1 aliphatic rings. The number of para-hydroxylation sites is 1. The van der Waals surface area contributed by atoms with Crippen LogP contribution in [0.3, 0.4) is 0 Å². The zero-order valence-corrected chi connectivity index (χ0v) is 21.1. The summed E-state index contributed by atoms with van der Waals surface area (Å²) >= 11 is 6.18. The molecule has 9 heteroatoms. The van der Waals surface area contributed by atoms with Crippen LogP contribution < -0.4 is 16.3 Å². The number of hydrogen-bond donors (Lipinski definition) is 2. The topological polar surface area (TPSA) is 96.3 Å². The molecule has 2 amide bonds. The van der Waals surface area contributed by atoms with E-state index in [2.05, 4.69) is 16.7 Å². The first kappa shape index (κ1) is 25.2. The highest BCUT2D eigenvalue weighted by atomic mass is 35.5. The zero-order chi connectivity index (χ0) is 26.6. The maximum absolute atomic E-state index is 13.5. The van der Waals surface area contributed by atoms with Gasteiger partial charge in [0.1, 0.15) is 5.82 Å². The normalized spacial score (nSPS) is 13.4. The van der Waals surface area contributed by atoms with E-state index < -0.39 is 6.04 Å². The molecule has 0 bridgehead atoms. The van der Waals surface area contributed by atoms with E-state index in [1.54, 1.807) is 42.5 Å². The number of carbonyl (C=O) groups is 2. The van der Waals surface area contributed by atoms with Crippen molar-refractivity contribution in [1.29, 1.82) is 0 Å². The molecule has 1 atom stereocenters. The third-order valence-electron chi connectivity index (χ3n) is 6.33. The minimum absolute atomic E-state index is 0.248. The van der Waals surface area contributed by atoms with E-state index in [0.29, 0.717) is 51.5 Å². The summed E-state index contributed by atoms with van der Waals surface area (Å²) in [5.74, 6) is 2.47. The SMILES string of the molecule is C#CC[C@@H](NCCCN1C(=O)c2ccccc2C1=O)c1nc2cc(Cl)ccc2c(=O)n1Nc1ccccc1. The first-order chi connectivity index (χ1) is 18.5. The predicted octanol–water partition coefficient (Wildman–Crippen LogP) is 4.27. The van der Waals surface area contributed by atoms with Crippen LogP contribution in [0.25, 0.3) is 10.9 Å². The Hall–Kier alpha value is -4.45. The summed E-state index contributed by atoms with van der Waals surface area (Å²) in [6, 6.07) is 20.5. The number of carbonyl (C=O) groups excluding carboxylic acids is 2. The van der Waals surface area contributed by atoms with E-state index in [4.69, 9.17) is 23.0 Å². The van der Waals surface area contributed by atoms with Crippen molar-refractivity contribution in [1.82, 2.24) is 19.9 Å². The Labute approximate surface area is 224 Å². The molecule has 3 aromatic carbocycles. The molecule has 1 aliphatic heterocycles. The van der Waals surface area contributed by atoms with Crippen LogP contribution in [-0.2, 0) is 0 Å². The van der Waals surface area contributed by atoms with Crippen molar-refractivity contribution < 1.29 is 9.59 Å². The van der Waals surface area contributed by atoms with Gasteiger partial charge in [-0.05, 0) is 55.4 Å². The van der Waals surface area contributed by atoms with Gasteiger partial charge in [-0.1, -0.05) is 41.9 Å². The van der Waals surface area contributed by atoms with Crippen molar-refractivity contribution in [3.05, 3.63) is 105 Å². The molecule has 0 fully saturated rings. The van der Waals surface area contributed by atoms with Gasteiger partial charge < -0.3 is 5.32 Å². The summed E-state index contributed by atoms with van der Waals surface area (Å²) in [6.45, 7) is 0.673. The van der Waals surface area contributed by atoms with Crippen LogP contribution in [0.15, 0.2) is 77.6 Å². The summed E-state index contributed by atoms with van der Waals surface area (Å²) in [5.41, 5.74) is 4.86. The van der Waals surface area contributed by atoms with Gasteiger partial charge in [0.2, 0.25) is 0 Å². The predicted molar refractivity (Wildman–Crippen MR) is 147 cm³/mol. The molecule has 2 heterocycles. The number of hydrogen-bond acceptors (Lipinski definition) is 6. The molecule has 5 rings (SSSR count). The summed E-state index contributed by atoms with van der Waals surface area (Å²) in [4.78, 5) is 44.8. The summed E-state index contributed by atoms with van der Waals surface area (Å²) < 4.78 is 1.39. The molecule has 0 saturated heterocycles. The average molecular weight is 526 g/mol. The second-order valence-electron chi connectivity index (χ2n) is 8.83. The van der Waals surface area contributed by atoms with E-state index in [-0.39, 0.29) is 30.3 Å². The number of fused-ring (bicyclic) bond motifs is 2. The standard InChI is InChI=1S/C29H24ClN5O3/c1-2-9-24(31-16-8-17-34-27(36)21-12-6-7-13-22(21)28(34)37)26-32-25-18-19(30)14-15-23(25)29(38)35(26)33-20-10-4-3-5-11-20/h1,3-7,10-15,18,24,31,33H,8-9,16-17H2/t24-/m1/s1. The average Bonchev–Trinajstić information content (AvgIpc) is 3.17. The number of anilines is 1. The number of nitrogens with one attached hydrogen (secondary N) is 2. The van der Waals surface area contributed by atoms with E-state index in [0.717, 1.165) is 0 Å². The zero-order valence-electron chi connectivity index (χ0n) is 20.4. The lowest BCUT2D eigenvalue weighted by Crippen LogP contribution is -2.37. The molecule has 38 heavy (non-hydrogen) atoms. The monoisotopic (exact) mass is 525 g/mol. The number of nitrogens with zero attached hydrogens (tertiary/aromatic N) is 3. The van der Waals surface area contributed by atoms with Crippen molar-refractivity contribution in [2.24, 2.45) is 0 Å². The molecule has 4 aromatic rings. The largest absolute Gasteiger partial charge is 0.306 e. The number of aromatic nitrogens is 2. The van der Waals surface area contributed by atoms with Crippen LogP contribution in [0.2, 0.25) is 5.02 Å². The molecule has 0 unspecified atom stereocenters. The summed E-state index contributed by atoms with van der Waals surface area (Å²) in [6.07, 6.45) is 6.43.